The second-order valence-electron chi connectivity index (χ2n) is 9.07. The average Bonchev–Trinajstić information content (AvgIpc) is 3.25. The number of halogens is 1. The summed E-state index contributed by atoms with van der Waals surface area (Å²) in [5.41, 5.74) is 3.53. The van der Waals surface area contributed by atoms with Gasteiger partial charge in [-0.3, -0.25) is 15.6 Å². The molecule has 5 rings (SSSR count). The maximum atomic E-state index is 14.3. The number of aliphatic hydroxyl groups excluding tert-OH is 1. The molecule has 2 bridgehead atoms. The Morgan fingerprint density at radius 3 is 2.96 bits per heavy atom. The standard InChI is InChI=1S/C19H34FN5O2/c20-13-1-2-17-15(7-13)16-8-14(26)11-24(16)18-3-5-25-19(23-18)12(10-22-25)9-21-4-6-27-17/h12-19,21-23,26H,1-11H2/t12?,13?,14-,15?,16+,17?,18?,19?/m1/s1. The summed E-state index contributed by atoms with van der Waals surface area (Å²) >= 11 is 0. The minimum atomic E-state index is -0.735. The molecule has 0 spiro atoms. The zero-order valence-corrected chi connectivity index (χ0v) is 16.0. The number of hydrazine groups is 1. The highest BCUT2D eigenvalue weighted by Crippen LogP contribution is 2.39. The predicted molar refractivity (Wildman–Crippen MR) is 99.5 cm³/mol. The maximum absolute atomic E-state index is 14.3. The monoisotopic (exact) mass is 383 g/mol. The molecule has 4 aliphatic heterocycles. The summed E-state index contributed by atoms with van der Waals surface area (Å²) in [4.78, 5) is 2.45. The molecule has 0 radical (unpaired) electrons. The molecule has 154 valence electrons. The number of ether oxygens (including phenoxy) is 1. The molecule has 8 heteroatoms. The Kier molecular flexibility index (Phi) is 5.40. The molecule has 4 heterocycles. The smallest absolute Gasteiger partial charge is 0.101 e. The summed E-state index contributed by atoms with van der Waals surface area (Å²) in [6.07, 6.45) is 3.35. The van der Waals surface area contributed by atoms with E-state index in [2.05, 4.69) is 26.0 Å². The first-order valence-corrected chi connectivity index (χ1v) is 10.9. The number of hydrogen-bond acceptors (Lipinski definition) is 7. The van der Waals surface area contributed by atoms with Gasteiger partial charge in [0.15, 0.2) is 0 Å². The van der Waals surface area contributed by atoms with Crippen LogP contribution >= 0.6 is 0 Å². The topological polar surface area (TPSA) is 72.0 Å². The maximum Gasteiger partial charge on any atom is 0.101 e. The van der Waals surface area contributed by atoms with Crippen LogP contribution in [0.2, 0.25) is 0 Å². The molecule has 1 saturated carbocycles. The van der Waals surface area contributed by atoms with E-state index in [1.54, 1.807) is 0 Å². The zero-order valence-electron chi connectivity index (χ0n) is 16.0. The van der Waals surface area contributed by atoms with Crippen molar-refractivity contribution in [2.45, 2.75) is 68.9 Å². The number of hydrogen-bond donors (Lipinski definition) is 4. The Balaban J connectivity index is 1.41. The van der Waals surface area contributed by atoms with Crippen LogP contribution in [0.4, 0.5) is 4.39 Å². The van der Waals surface area contributed by atoms with Gasteiger partial charge in [-0.25, -0.2) is 9.40 Å². The fourth-order valence-corrected chi connectivity index (χ4v) is 6.08. The highest BCUT2D eigenvalue weighted by molar-refractivity contribution is 5.00. The first kappa shape index (κ1) is 18.7. The van der Waals surface area contributed by atoms with Crippen molar-refractivity contribution in [3.8, 4) is 0 Å². The third kappa shape index (κ3) is 3.66. The molecule has 4 N–H and O–H groups in total. The van der Waals surface area contributed by atoms with Crippen molar-refractivity contribution in [2.75, 3.05) is 39.3 Å². The van der Waals surface area contributed by atoms with Gasteiger partial charge in [-0.15, -0.1) is 0 Å². The number of fused-ring (bicyclic) bond motifs is 5. The molecule has 0 amide bonds. The van der Waals surface area contributed by atoms with Crippen molar-refractivity contribution in [2.24, 2.45) is 11.8 Å². The van der Waals surface area contributed by atoms with E-state index >= 15 is 0 Å². The van der Waals surface area contributed by atoms with Gasteiger partial charge in [0.25, 0.3) is 0 Å². The van der Waals surface area contributed by atoms with Crippen molar-refractivity contribution < 1.29 is 14.2 Å². The van der Waals surface area contributed by atoms with E-state index in [4.69, 9.17) is 4.74 Å². The summed E-state index contributed by atoms with van der Waals surface area (Å²) in [6.45, 7) is 5.16. The minimum absolute atomic E-state index is 0.110. The quantitative estimate of drug-likeness (QED) is 0.455. The van der Waals surface area contributed by atoms with E-state index < -0.39 is 6.17 Å². The molecule has 0 aromatic rings. The van der Waals surface area contributed by atoms with Crippen LogP contribution in [-0.4, -0.2) is 91.1 Å². The summed E-state index contributed by atoms with van der Waals surface area (Å²) in [7, 11) is 0. The molecular formula is C19H34FN5O2. The molecular weight excluding hydrogens is 349 g/mol. The van der Waals surface area contributed by atoms with Gasteiger partial charge in [-0.05, 0) is 32.1 Å². The van der Waals surface area contributed by atoms with E-state index in [0.29, 0.717) is 38.1 Å². The van der Waals surface area contributed by atoms with Crippen molar-refractivity contribution in [3.63, 3.8) is 0 Å². The molecule has 27 heavy (non-hydrogen) atoms. The average molecular weight is 384 g/mol. The number of alkyl halides is 1. The van der Waals surface area contributed by atoms with Crippen LogP contribution in [0.25, 0.3) is 0 Å². The molecule has 1 aliphatic carbocycles. The lowest BCUT2D eigenvalue weighted by Gasteiger charge is -2.46. The van der Waals surface area contributed by atoms with Crippen molar-refractivity contribution in [1.82, 2.24) is 26.0 Å². The van der Waals surface area contributed by atoms with Crippen LogP contribution in [0.1, 0.15) is 32.1 Å². The third-order valence-corrected chi connectivity index (χ3v) is 7.39. The van der Waals surface area contributed by atoms with Gasteiger partial charge in [0.2, 0.25) is 0 Å². The molecule has 5 fully saturated rings. The van der Waals surface area contributed by atoms with Gasteiger partial charge in [-0.1, -0.05) is 0 Å². The van der Waals surface area contributed by atoms with E-state index in [9.17, 15) is 9.50 Å². The lowest BCUT2D eigenvalue weighted by molar-refractivity contribution is -0.0652. The molecule has 7 nitrogen and oxygen atoms in total. The lowest BCUT2D eigenvalue weighted by Crippen LogP contribution is -2.64. The Hall–Kier alpha value is -0.350. The minimum Gasteiger partial charge on any atom is -0.392 e. The van der Waals surface area contributed by atoms with Gasteiger partial charge >= 0.3 is 0 Å². The fourth-order valence-electron chi connectivity index (χ4n) is 6.08. The number of nitrogens with zero attached hydrogens (tertiary/aromatic N) is 2. The summed E-state index contributed by atoms with van der Waals surface area (Å²) in [6, 6.07) is 0.203. The normalized spacial score (nSPS) is 49.6. The summed E-state index contributed by atoms with van der Waals surface area (Å²) < 4.78 is 20.6. The SMILES string of the molecule is O[C@@H]1C[C@H]2C3CC(F)CCC3OCCNCC3CNN4CCC(NC34)N2C1. The predicted octanol–water partition coefficient (Wildman–Crippen LogP) is -0.370. The van der Waals surface area contributed by atoms with Gasteiger partial charge in [-0.2, -0.15) is 0 Å². The van der Waals surface area contributed by atoms with Crippen LogP contribution in [0, 0.1) is 11.8 Å². The van der Waals surface area contributed by atoms with E-state index in [-0.39, 0.29) is 30.3 Å². The fraction of sp³-hybridized carbons (Fsp3) is 1.00. The molecule has 4 saturated heterocycles. The van der Waals surface area contributed by atoms with Gasteiger partial charge < -0.3 is 15.2 Å². The molecule has 0 aromatic heterocycles. The number of nitrogens with one attached hydrogen (secondary N) is 3. The first-order valence-electron chi connectivity index (χ1n) is 10.9. The zero-order chi connectivity index (χ0) is 18.4. The Labute approximate surface area is 160 Å². The van der Waals surface area contributed by atoms with Crippen molar-refractivity contribution in [1.29, 1.82) is 0 Å². The van der Waals surface area contributed by atoms with Crippen molar-refractivity contribution >= 4 is 0 Å². The van der Waals surface area contributed by atoms with Crippen LogP contribution < -0.4 is 16.1 Å². The van der Waals surface area contributed by atoms with E-state index in [1.165, 1.54) is 0 Å². The third-order valence-electron chi connectivity index (χ3n) is 7.39. The van der Waals surface area contributed by atoms with Crippen molar-refractivity contribution in [3.05, 3.63) is 0 Å². The number of aliphatic hydroxyl groups is 1. The number of rotatable bonds is 0. The summed E-state index contributed by atoms with van der Waals surface area (Å²) in [5.74, 6) is 0.681. The Bertz CT molecular complexity index is 528. The van der Waals surface area contributed by atoms with Crippen LogP contribution in [0.3, 0.4) is 0 Å². The Morgan fingerprint density at radius 2 is 2.04 bits per heavy atom. The molecule has 5 aliphatic rings. The van der Waals surface area contributed by atoms with Crippen LogP contribution in [-0.2, 0) is 4.74 Å². The highest BCUT2D eigenvalue weighted by atomic mass is 19.1. The second-order valence-corrected chi connectivity index (χ2v) is 9.07. The van der Waals surface area contributed by atoms with E-state index in [0.717, 1.165) is 45.4 Å². The van der Waals surface area contributed by atoms with Gasteiger partial charge in [0, 0.05) is 50.6 Å². The largest absolute Gasteiger partial charge is 0.392 e. The second kappa shape index (κ2) is 7.82. The molecule has 6 unspecified atom stereocenters. The highest BCUT2D eigenvalue weighted by Gasteiger charge is 2.48. The van der Waals surface area contributed by atoms with Gasteiger partial charge in [0.1, 0.15) is 6.17 Å². The molecule has 0 aromatic carbocycles. The lowest BCUT2D eigenvalue weighted by atomic mass is 9.79. The molecule has 8 atom stereocenters. The Morgan fingerprint density at radius 1 is 1.11 bits per heavy atom. The van der Waals surface area contributed by atoms with Crippen LogP contribution in [0.15, 0.2) is 0 Å². The van der Waals surface area contributed by atoms with Gasteiger partial charge in [0.05, 0.1) is 31.1 Å². The van der Waals surface area contributed by atoms with Crippen LogP contribution in [0.5, 0.6) is 0 Å². The van der Waals surface area contributed by atoms with E-state index in [1.807, 2.05) is 0 Å². The summed E-state index contributed by atoms with van der Waals surface area (Å²) in [5, 5.41) is 20.2. The first-order chi connectivity index (χ1) is 13.2.